The number of hydrogen-bond donors (Lipinski definition) is 3. The van der Waals surface area contributed by atoms with Crippen LogP contribution in [0, 0.1) is 5.82 Å². The quantitative estimate of drug-likeness (QED) is 0.337. The lowest BCUT2D eigenvalue weighted by atomic mass is 9.95. The predicted molar refractivity (Wildman–Crippen MR) is 152 cm³/mol. The fraction of sp³-hybridized carbons (Fsp3) is 0.241. The Hall–Kier alpha value is -4.15. The maximum atomic E-state index is 13.6. The number of amides is 4. The van der Waals surface area contributed by atoms with Gasteiger partial charge in [0.05, 0.1) is 22.2 Å². The van der Waals surface area contributed by atoms with Gasteiger partial charge in [0.2, 0.25) is 0 Å². The summed E-state index contributed by atoms with van der Waals surface area (Å²) in [5.41, 5.74) is 1.96. The second kappa shape index (κ2) is 13.0. The van der Waals surface area contributed by atoms with Crippen molar-refractivity contribution < 1.29 is 28.7 Å². The zero-order valence-corrected chi connectivity index (χ0v) is 23.5. The zero-order valence-electron chi connectivity index (χ0n) is 22.0. The topological polar surface area (TPSA) is 119 Å². The van der Waals surface area contributed by atoms with Crippen molar-refractivity contribution in [3.8, 4) is 0 Å². The molecule has 0 fully saturated rings. The first kappa shape index (κ1) is 29.8. The van der Waals surface area contributed by atoms with E-state index in [-0.39, 0.29) is 40.2 Å². The number of benzene rings is 3. The number of carboxylic acids is 1. The molecule has 1 heterocycles. The van der Waals surface area contributed by atoms with Gasteiger partial charge in [0, 0.05) is 32.2 Å². The molecule has 0 aromatic heterocycles. The van der Waals surface area contributed by atoms with Crippen LogP contribution >= 0.6 is 23.2 Å². The van der Waals surface area contributed by atoms with Crippen LogP contribution in [0.5, 0.6) is 0 Å². The fourth-order valence-electron chi connectivity index (χ4n) is 4.51. The standard InChI is InChI=1S/C29H27Cl2FN4O5/c1-35(15-17-6-3-2-4-7-17)29(41)33-14-23(28(39)40)34-26(37)24-22(30)13-21-20(25(24)31)10-11-36(27(21)38)16-18-8-5-9-19(32)12-18/h2-9,12-13,23H,10-11,14-16H2,1H3,(H,33,41)(H,34,37)(H,39,40). The molecule has 0 saturated carbocycles. The van der Waals surface area contributed by atoms with Gasteiger partial charge in [-0.25, -0.2) is 14.0 Å². The van der Waals surface area contributed by atoms with Gasteiger partial charge in [-0.05, 0) is 41.3 Å². The maximum Gasteiger partial charge on any atom is 0.328 e. The van der Waals surface area contributed by atoms with Gasteiger partial charge in [0.25, 0.3) is 11.8 Å². The number of nitrogens with zero attached hydrogens (tertiary/aromatic N) is 2. The number of carbonyl (C=O) groups is 4. The fourth-order valence-corrected chi connectivity index (χ4v) is 5.23. The van der Waals surface area contributed by atoms with Crippen molar-refractivity contribution in [2.75, 3.05) is 20.1 Å². The minimum absolute atomic E-state index is 0.0560. The molecular formula is C29H27Cl2FN4O5. The van der Waals surface area contributed by atoms with Crippen LogP contribution in [0.3, 0.4) is 0 Å². The molecule has 9 nitrogen and oxygen atoms in total. The van der Waals surface area contributed by atoms with Crippen molar-refractivity contribution in [1.29, 1.82) is 0 Å². The molecule has 41 heavy (non-hydrogen) atoms. The average molecular weight is 601 g/mol. The average Bonchev–Trinajstić information content (AvgIpc) is 2.93. The molecule has 0 spiro atoms. The first-order valence-electron chi connectivity index (χ1n) is 12.7. The molecule has 12 heteroatoms. The molecule has 214 valence electrons. The highest BCUT2D eigenvalue weighted by atomic mass is 35.5. The number of rotatable bonds is 9. The van der Waals surface area contributed by atoms with Gasteiger partial charge in [-0.2, -0.15) is 0 Å². The summed E-state index contributed by atoms with van der Waals surface area (Å²) in [6.45, 7) is 0.354. The van der Waals surface area contributed by atoms with Crippen molar-refractivity contribution in [3.05, 3.63) is 104 Å². The summed E-state index contributed by atoms with van der Waals surface area (Å²) >= 11 is 12.9. The van der Waals surface area contributed by atoms with E-state index in [0.717, 1.165) is 5.56 Å². The number of carboxylic acid groups (broad SMARTS) is 1. The van der Waals surface area contributed by atoms with E-state index in [1.54, 1.807) is 19.2 Å². The summed E-state index contributed by atoms with van der Waals surface area (Å²) in [4.78, 5) is 53.6. The van der Waals surface area contributed by atoms with Gasteiger partial charge < -0.3 is 25.5 Å². The highest BCUT2D eigenvalue weighted by Gasteiger charge is 2.32. The first-order chi connectivity index (χ1) is 19.5. The summed E-state index contributed by atoms with van der Waals surface area (Å²) in [5.74, 6) is -3.03. The van der Waals surface area contributed by atoms with Gasteiger partial charge in [-0.3, -0.25) is 9.59 Å². The zero-order chi connectivity index (χ0) is 29.7. The summed E-state index contributed by atoms with van der Waals surface area (Å²) < 4.78 is 13.6. The minimum Gasteiger partial charge on any atom is -0.480 e. The summed E-state index contributed by atoms with van der Waals surface area (Å²) in [6, 6.07) is 14.5. The maximum absolute atomic E-state index is 13.6. The molecule has 0 radical (unpaired) electrons. The lowest BCUT2D eigenvalue weighted by Crippen LogP contribution is -2.50. The SMILES string of the molecule is CN(Cc1ccccc1)C(=O)NCC(NC(=O)c1c(Cl)cc2c(c1Cl)CCN(Cc1cccc(F)c1)C2=O)C(=O)O. The Bertz CT molecular complexity index is 1490. The number of hydrogen-bond acceptors (Lipinski definition) is 4. The molecule has 3 aromatic carbocycles. The van der Waals surface area contributed by atoms with E-state index in [9.17, 15) is 28.7 Å². The highest BCUT2D eigenvalue weighted by molar-refractivity contribution is 6.41. The smallest absolute Gasteiger partial charge is 0.328 e. The first-order valence-corrected chi connectivity index (χ1v) is 13.4. The van der Waals surface area contributed by atoms with E-state index in [2.05, 4.69) is 10.6 Å². The molecule has 1 aliphatic rings. The second-order valence-corrected chi connectivity index (χ2v) is 10.4. The number of halogens is 3. The van der Waals surface area contributed by atoms with E-state index in [4.69, 9.17) is 23.2 Å². The van der Waals surface area contributed by atoms with Gasteiger partial charge in [-0.1, -0.05) is 65.7 Å². The van der Waals surface area contributed by atoms with E-state index in [1.165, 1.54) is 28.0 Å². The Morgan fingerprint density at radius 3 is 2.46 bits per heavy atom. The van der Waals surface area contributed by atoms with E-state index >= 15 is 0 Å². The molecular weight excluding hydrogens is 574 g/mol. The lowest BCUT2D eigenvalue weighted by molar-refractivity contribution is -0.139. The van der Waals surface area contributed by atoms with Crippen molar-refractivity contribution in [2.45, 2.75) is 25.6 Å². The molecule has 3 N–H and O–H groups in total. The Kier molecular flexibility index (Phi) is 9.46. The van der Waals surface area contributed by atoms with Crippen LogP contribution in [0.4, 0.5) is 9.18 Å². The molecule has 1 aliphatic heterocycles. The number of urea groups is 1. The molecule has 0 bridgehead atoms. The van der Waals surface area contributed by atoms with E-state index in [0.29, 0.717) is 24.1 Å². The number of carbonyl (C=O) groups excluding carboxylic acids is 3. The van der Waals surface area contributed by atoms with Crippen molar-refractivity contribution >= 4 is 47.0 Å². The summed E-state index contributed by atoms with van der Waals surface area (Å²) in [6.07, 6.45) is 0.304. The normalized spacial score (nSPS) is 13.3. The Morgan fingerprint density at radius 1 is 1.07 bits per heavy atom. The monoisotopic (exact) mass is 600 g/mol. The molecule has 1 atom stereocenters. The molecule has 0 saturated heterocycles. The third-order valence-electron chi connectivity index (χ3n) is 6.63. The Balaban J connectivity index is 1.44. The summed E-state index contributed by atoms with van der Waals surface area (Å²) in [7, 11) is 1.56. The van der Waals surface area contributed by atoms with Crippen molar-refractivity contribution in [2.24, 2.45) is 0 Å². The molecule has 1 unspecified atom stereocenters. The number of fused-ring (bicyclic) bond motifs is 1. The second-order valence-electron chi connectivity index (χ2n) is 9.57. The van der Waals surface area contributed by atoms with Gasteiger partial charge in [0.15, 0.2) is 0 Å². The third-order valence-corrected chi connectivity index (χ3v) is 7.34. The van der Waals surface area contributed by atoms with Crippen LogP contribution in [0.25, 0.3) is 0 Å². The Labute approximate surface area is 245 Å². The Morgan fingerprint density at radius 2 is 1.78 bits per heavy atom. The molecule has 4 rings (SSSR count). The van der Waals surface area contributed by atoms with Crippen LogP contribution in [0.1, 0.15) is 37.4 Å². The van der Waals surface area contributed by atoms with E-state index in [1.807, 2.05) is 30.3 Å². The largest absolute Gasteiger partial charge is 0.480 e. The van der Waals surface area contributed by atoms with E-state index < -0.39 is 36.3 Å². The molecule has 3 aromatic rings. The highest BCUT2D eigenvalue weighted by Crippen LogP contribution is 2.35. The predicted octanol–water partition coefficient (Wildman–Crippen LogP) is 4.36. The minimum atomic E-state index is -1.48. The van der Waals surface area contributed by atoms with Crippen LogP contribution < -0.4 is 10.6 Å². The molecule has 4 amide bonds. The van der Waals surface area contributed by atoms with Crippen LogP contribution in [0.2, 0.25) is 10.0 Å². The van der Waals surface area contributed by atoms with Gasteiger partial charge in [0.1, 0.15) is 11.9 Å². The number of nitrogens with one attached hydrogen (secondary N) is 2. The lowest BCUT2D eigenvalue weighted by Gasteiger charge is -2.30. The van der Waals surface area contributed by atoms with Gasteiger partial charge >= 0.3 is 12.0 Å². The molecule has 0 aliphatic carbocycles. The van der Waals surface area contributed by atoms with Gasteiger partial charge in [-0.15, -0.1) is 0 Å². The van der Waals surface area contributed by atoms with Crippen LogP contribution in [-0.4, -0.2) is 64.9 Å². The van der Waals surface area contributed by atoms with Crippen molar-refractivity contribution in [1.82, 2.24) is 20.4 Å². The van der Waals surface area contributed by atoms with Crippen LogP contribution in [0.15, 0.2) is 60.7 Å². The van der Waals surface area contributed by atoms with Crippen LogP contribution in [-0.2, 0) is 24.3 Å². The summed E-state index contributed by atoms with van der Waals surface area (Å²) in [5, 5.41) is 14.3. The third kappa shape index (κ3) is 7.14. The number of aliphatic carboxylic acids is 1. The van der Waals surface area contributed by atoms with Crippen molar-refractivity contribution in [3.63, 3.8) is 0 Å².